The Kier molecular flexibility index (Phi) is 2.29. The van der Waals surface area contributed by atoms with E-state index >= 15 is 0 Å². The highest BCUT2D eigenvalue weighted by Gasteiger charge is 2.08. The lowest BCUT2D eigenvalue weighted by atomic mass is 10.2. The van der Waals surface area contributed by atoms with Gasteiger partial charge in [-0.05, 0) is 13.1 Å². The third-order valence-electron chi connectivity index (χ3n) is 2.19. The molecule has 0 bridgehead atoms. The first kappa shape index (κ1) is 8.66. The quantitative estimate of drug-likeness (QED) is 0.494. The van der Waals surface area contributed by atoms with E-state index in [4.69, 9.17) is 0 Å². The SMILES string of the molecule is CNC(S)c1c[nH]c2ccccc12. The molecule has 1 aromatic heterocycles. The van der Waals surface area contributed by atoms with Crippen molar-refractivity contribution in [2.24, 2.45) is 0 Å². The molecule has 3 heteroatoms. The van der Waals surface area contributed by atoms with Crippen molar-refractivity contribution >= 4 is 23.5 Å². The molecule has 0 radical (unpaired) electrons. The van der Waals surface area contributed by atoms with Crippen LogP contribution >= 0.6 is 12.6 Å². The minimum absolute atomic E-state index is 0.0937. The van der Waals surface area contributed by atoms with Gasteiger partial charge in [0.05, 0.1) is 5.37 Å². The van der Waals surface area contributed by atoms with Crippen LogP contribution in [-0.4, -0.2) is 12.0 Å². The summed E-state index contributed by atoms with van der Waals surface area (Å²) in [4.78, 5) is 3.21. The van der Waals surface area contributed by atoms with Crippen LogP contribution in [0.5, 0.6) is 0 Å². The Balaban J connectivity index is 2.57. The fourth-order valence-electron chi connectivity index (χ4n) is 1.48. The minimum atomic E-state index is 0.0937. The van der Waals surface area contributed by atoms with Gasteiger partial charge in [0, 0.05) is 22.7 Å². The van der Waals surface area contributed by atoms with Gasteiger partial charge in [0.2, 0.25) is 0 Å². The number of thiol groups is 1. The second-order valence-corrected chi connectivity index (χ2v) is 3.50. The van der Waals surface area contributed by atoms with Crippen molar-refractivity contribution in [3.63, 3.8) is 0 Å². The smallest absolute Gasteiger partial charge is 0.0778 e. The molecule has 1 aromatic carbocycles. The first-order valence-corrected chi connectivity index (χ1v) is 4.76. The highest BCUT2D eigenvalue weighted by atomic mass is 32.1. The van der Waals surface area contributed by atoms with Gasteiger partial charge in [0.1, 0.15) is 0 Å². The zero-order chi connectivity index (χ0) is 9.26. The standard InChI is InChI=1S/C10H12N2S/c1-11-10(13)8-6-12-9-5-3-2-4-7(8)9/h2-6,10-13H,1H3. The zero-order valence-electron chi connectivity index (χ0n) is 7.41. The molecule has 0 aliphatic rings. The van der Waals surface area contributed by atoms with Gasteiger partial charge < -0.3 is 10.3 Å². The van der Waals surface area contributed by atoms with Crippen LogP contribution in [0.25, 0.3) is 10.9 Å². The van der Waals surface area contributed by atoms with Gasteiger partial charge in [-0.1, -0.05) is 18.2 Å². The molecule has 1 unspecified atom stereocenters. The van der Waals surface area contributed by atoms with Crippen LogP contribution in [0.3, 0.4) is 0 Å². The Morgan fingerprint density at radius 3 is 2.92 bits per heavy atom. The average Bonchev–Trinajstić information content (AvgIpc) is 2.60. The molecule has 1 atom stereocenters. The Hall–Kier alpha value is -0.930. The van der Waals surface area contributed by atoms with E-state index in [2.05, 4.69) is 35.1 Å². The molecule has 2 rings (SSSR count). The minimum Gasteiger partial charge on any atom is -0.361 e. The van der Waals surface area contributed by atoms with Gasteiger partial charge >= 0.3 is 0 Å². The zero-order valence-corrected chi connectivity index (χ0v) is 8.31. The second kappa shape index (κ2) is 3.44. The van der Waals surface area contributed by atoms with Gasteiger partial charge in [-0.2, -0.15) is 12.6 Å². The molecule has 0 amide bonds. The summed E-state index contributed by atoms with van der Waals surface area (Å²) in [5.74, 6) is 0. The van der Waals surface area contributed by atoms with E-state index < -0.39 is 0 Å². The van der Waals surface area contributed by atoms with Gasteiger partial charge in [0.15, 0.2) is 0 Å². The number of hydrogen-bond acceptors (Lipinski definition) is 2. The number of aromatic amines is 1. The van der Waals surface area contributed by atoms with Gasteiger partial charge in [0.25, 0.3) is 0 Å². The lowest BCUT2D eigenvalue weighted by molar-refractivity contribution is 0.806. The van der Waals surface area contributed by atoms with E-state index in [1.807, 2.05) is 25.4 Å². The first-order valence-electron chi connectivity index (χ1n) is 4.24. The molecule has 13 heavy (non-hydrogen) atoms. The summed E-state index contributed by atoms with van der Waals surface area (Å²) < 4.78 is 0. The second-order valence-electron chi connectivity index (χ2n) is 2.98. The predicted molar refractivity (Wildman–Crippen MR) is 59.1 cm³/mol. The van der Waals surface area contributed by atoms with Crippen molar-refractivity contribution in [2.75, 3.05) is 7.05 Å². The predicted octanol–water partition coefficient (Wildman–Crippen LogP) is 2.32. The maximum atomic E-state index is 4.43. The van der Waals surface area contributed by atoms with E-state index in [0.717, 1.165) is 5.52 Å². The Morgan fingerprint density at radius 2 is 2.15 bits per heavy atom. The molecule has 0 aliphatic carbocycles. The molecule has 0 saturated heterocycles. The van der Waals surface area contributed by atoms with Crippen LogP contribution in [0, 0.1) is 0 Å². The number of fused-ring (bicyclic) bond motifs is 1. The maximum absolute atomic E-state index is 4.43. The summed E-state index contributed by atoms with van der Waals surface area (Å²) in [6, 6.07) is 8.22. The molecule has 0 fully saturated rings. The van der Waals surface area contributed by atoms with Crippen molar-refractivity contribution in [2.45, 2.75) is 5.37 Å². The highest BCUT2D eigenvalue weighted by Crippen LogP contribution is 2.25. The van der Waals surface area contributed by atoms with Crippen LogP contribution in [0.4, 0.5) is 0 Å². The molecule has 0 saturated carbocycles. The number of hydrogen-bond donors (Lipinski definition) is 3. The summed E-state index contributed by atoms with van der Waals surface area (Å²) in [7, 11) is 1.90. The summed E-state index contributed by atoms with van der Waals surface area (Å²) in [5.41, 5.74) is 2.35. The van der Waals surface area contributed by atoms with Crippen LogP contribution in [0.1, 0.15) is 10.9 Å². The van der Waals surface area contributed by atoms with Crippen LogP contribution in [0.2, 0.25) is 0 Å². The number of nitrogens with one attached hydrogen (secondary N) is 2. The largest absolute Gasteiger partial charge is 0.361 e. The van der Waals surface area contributed by atoms with Crippen LogP contribution < -0.4 is 5.32 Å². The molecule has 2 aromatic rings. The van der Waals surface area contributed by atoms with Gasteiger partial charge in [-0.15, -0.1) is 0 Å². The summed E-state index contributed by atoms with van der Waals surface area (Å²) in [5, 5.41) is 4.43. The fourth-order valence-corrected chi connectivity index (χ4v) is 1.69. The van der Waals surface area contributed by atoms with Crippen molar-refractivity contribution < 1.29 is 0 Å². The number of benzene rings is 1. The molecule has 2 nitrogen and oxygen atoms in total. The lowest BCUT2D eigenvalue weighted by Crippen LogP contribution is -2.09. The molecule has 0 spiro atoms. The van der Waals surface area contributed by atoms with Crippen LogP contribution in [0.15, 0.2) is 30.5 Å². The molecular weight excluding hydrogens is 180 g/mol. The molecule has 2 N–H and O–H groups in total. The normalized spacial score (nSPS) is 13.4. The van der Waals surface area contributed by atoms with Crippen molar-refractivity contribution in [3.8, 4) is 0 Å². The van der Waals surface area contributed by atoms with Crippen molar-refractivity contribution in [1.29, 1.82) is 0 Å². The van der Waals surface area contributed by atoms with Crippen molar-refractivity contribution in [1.82, 2.24) is 10.3 Å². The third-order valence-corrected chi connectivity index (χ3v) is 2.73. The maximum Gasteiger partial charge on any atom is 0.0778 e. The number of H-pyrrole nitrogens is 1. The van der Waals surface area contributed by atoms with Crippen molar-refractivity contribution in [3.05, 3.63) is 36.0 Å². The summed E-state index contributed by atoms with van der Waals surface area (Å²) in [6.07, 6.45) is 2.00. The monoisotopic (exact) mass is 192 g/mol. The average molecular weight is 192 g/mol. The van der Waals surface area contributed by atoms with Gasteiger partial charge in [-0.3, -0.25) is 0 Å². The topological polar surface area (TPSA) is 27.8 Å². The highest BCUT2D eigenvalue weighted by molar-refractivity contribution is 7.80. The van der Waals surface area contributed by atoms with E-state index in [-0.39, 0.29) is 5.37 Å². The summed E-state index contributed by atoms with van der Waals surface area (Å²) >= 11 is 4.43. The number of rotatable bonds is 2. The van der Waals surface area contributed by atoms with E-state index in [0.29, 0.717) is 0 Å². The number of para-hydroxylation sites is 1. The Morgan fingerprint density at radius 1 is 1.38 bits per heavy atom. The lowest BCUT2D eigenvalue weighted by Gasteiger charge is -2.06. The van der Waals surface area contributed by atoms with Crippen LogP contribution in [-0.2, 0) is 0 Å². The molecule has 1 heterocycles. The van der Waals surface area contributed by atoms with E-state index in [1.54, 1.807) is 0 Å². The fraction of sp³-hybridized carbons (Fsp3) is 0.200. The van der Waals surface area contributed by atoms with E-state index in [1.165, 1.54) is 10.9 Å². The molecule has 68 valence electrons. The van der Waals surface area contributed by atoms with E-state index in [9.17, 15) is 0 Å². The first-order chi connectivity index (χ1) is 6.33. The number of aromatic nitrogens is 1. The van der Waals surface area contributed by atoms with Gasteiger partial charge in [-0.25, -0.2) is 0 Å². The third kappa shape index (κ3) is 1.45. The molecular formula is C10H12N2S. The summed E-state index contributed by atoms with van der Waals surface area (Å²) in [6.45, 7) is 0. The molecule has 0 aliphatic heterocycles. The Labute approximate surface area is 82.8 Å². The Bertz CT molecular complexity index is 408.